The SMILES string of the molecule is CC(C)[C@H](CC=C(F)F)c1cc(F)cnc1N. The summed E-state index contributed by atoms with van der Waals surface area (Å²) in [5, 5.41) is 0. The van der Waals surface area contributed by atoms with Crippen molar-refractivity contribution in [1.82, 2.24) is 4.98 Å². The van der Waals surface area contributed by atoms with Crippen molar-refractivity contribution >= 4 is 5.82 Å². The van der Waals surface area contributed by atoms with Gasteiger partial charge in [-0.2, -0.15) is 8.78 Å². The molecule has 0 amide bonds. The third-order valence-corrected chi connectivity index (χ3v) is 2.65. The van der Waals surface area contributed by atoms with E-state index in [1.807, 2.05) is 13.8 Å². The Morgan fingerprint density at radius 1 is 1.47 bits per heavy atom. The second-order valence-electron chi connectivity index (χ2n) is 4.21. The summed E-state index contributed by atoms with van der Waals surface area (Å²) >= 11 is 0. The van der Waals surface area contributed by atoms with Gasteiger partial charge in [-0.05, 0) is 30.4 Å². The van der Waals surface area contributed by atoms with Gasteiger partial charge in [0.2, 0.25) is 0 Å². The van der Waals surface area contributed by atoms with Gasteiger partial charge in [0.05, 0.1) is 6.20 Å². The highest BCUT2D eigenvalue weighted by Gasteiger charge is 2.19. The summed E-state index contributed by atoms with van der Waals surface area (Å²) in [7, 11) is 0. The molecule has 5 heteroatoms. The molecule has 1 atom stereocenters. The Kier molecular flexibility index (Phi) is 4.54. The predicted molar refractivity (Wildman–Crippen MR) is 61.1 cm³/mol. The fraction of sp³-hybridized carbons (Fsp3) is 0.417. The van der Waals surface area contributed by atoms with E-state index in [9.17, 15) is 13.2 Å². The van der Waals surface area contributed by atoms with Gasteiger partial charge in [-0.3, -0.25) is 0 Å². The third kappa shape index (κ3) is 3.76. The molecular formula is C12H15F3N2. The van der Waals surface area contributed by atoms with E-state index in [4.69, 9.17) is 5.73 Å². The Morgan fingerprint density at radius 3 is 2.65 bits per heavy atom. The molecule has 1 rings (SSSR count). The quantitative estimate of drug-likeness (QED) is 0.876. The van der Waals surface area contributed by atoms with Crippen LogP contribution in [0.2, 0.25) is 0 Å². The fourth-order valence-electron chi connectivity index (χ4n) is 1.74. The third-order valence-electron chi connectivity index (χ3n) is 2.65. The van der Waals surface area contributed by atoms with Gasteiger partial charge in [0.1, 0.15) is 11.6 Å². The van der Waals surface area contributed by atoms with Crippen LogP contribution in [0.25, 0.3) is 0 Å². The maximum absolute atomic E-state index is 13.1. The van der Waals surface area contributed by atoms with E-state index in [0.29, 0.717) is 5.56 Å². The molecule has 0 aromatic carbocycles. The van der Waals surface area contributed by atoms with Gasteiger partial charge in [-0.15, -0.1) is 0 Å². The first-order chi connectivity index (χ1) is 7.91. The molecule has 0 saturated heterocycles. The minimum Gasteiger partial charge on any atom is -0.383 e. The predicted octanol–water partition coefficient (Wildman–Crippen LogP) is 3.71. The summed E-state index contributed by atoms with van der Waals surface area (Å²) < 4.78 is 37.3. The number of halogens is 3. The number of aromatic nitrogens is 1. The summed E-state index contributed by atoms with van der Waals surface area (Å²) in [6.45, 7) is 3.75. The highest BCUT2D eigenvalue weighted by Crippen LogP contribution is 2.32. The first-order valence-corrected chi connectivity index (χ1v) is 5.34. The molecule has 0 saturated carbocycles. The van der Waals surface area contributed by atoms with Gasteiger partial charge < -0.3 is 5.73 Å². The monoisotopic (exact) mass is 244 g/mol. The number of nitrogen functional groups attached to an aromatic ring is 1. The molecule has 0 aliphatic heterocycles. The van der Waals surface area contributed by atoms with Crippen molar-refractivity contribution in [2.24, 2.45) is 5.92 Å². The Morgan fingerprint density at radius 2 is 2.12 bits per heavy atom. The van der Waals surface area contributed by atoms with Crippen molar-refractivity contribution in [2.45, 2.75) is 26.2 Å². The van der Waals surface area contributed by atoms with Crippen LogP contribution in [0.15, 0.2) is 24.4 Å². The number of rotatable bonds is 4. The first-order valence-electron chi connectivity index (χ1n) is 5.34. The highest BCUT2D eigenvalue weighted by molar-refractivity contribution is 5.42. The minimum atomic E-state index is -1.74. The maximum Gasteiger partial charge on any atom is 0.266 e. The second-order valence-corrected chi connectivity index (χ2v) is 4.21. The van der Waals surface area contributed by atoms with Crippen LogP contribution in [0.4, 0.5) is 19.0 Å². The van der Waals surface area contributed by atoms with Gasteiger partial charge in [0.25, 0.3) is 6.08 Å². The van der Waals surface area contributed by atoms with E-state index in [1.54, 1.807) is 0 Å². The number of anilines is 1. The standard InChI is InChI=1S/C12H15F3N2/c1-7(2)9(3-4-11(14)15)10-5-8(13)6-17-12(10)16/h4-7,9H,3H2,1-2H3,(H2,16,17)/t9-/m0/s1. The van der Waals surface area contributed by atoms with Crippen LogP contribution >= 0.6 is 0 Å². The summed E-state index contributed by atoms with van der Waals surface area (Å²) in [5.74, 6) is -0.515. The van der Waals surface area contributed by atoms with Crippen molar-refractivity contribution in [1.29, 1.82) is 0 Å². The highest BCUT2D eigenvalue weighted by atomic mass is 19.3. The van der Waals surface area contributed by atoms with E-state index in [0.717, 1.165) is 12.3 Å². The molecule has 0 aliphatic carbocycles. The minimum absolute atomic E-state index is 0.0662. The molecule has 1 aromatic heterocycles. The number of nitrogens with two attached hydrogens (primary N) is 1. The van der Waals surface area contributed by atoms with Crippen LogP contribution in [0.3, 0.4) is 0 Å². The van der Waals surface area contributed by atoms with E-state index in [1.165, 1.54) is 6.07 Å². The number of hydrogen-bond donors (Lipinski definition) is 1. The topological polar surface area (TPSA) is 38.9 Å². The lowest BCUT2D eigenvalue weighted by atomic mass is 9.86. The molecule has 0 aliphatic rings. The van der Waals surface area contributed by atoms with Crippen molar-refractivity contribution in [3.8, 4) is 0 Å². The Balaban J connectivity index is 3.05. The Hall–Kier alpha value is -1.52. The lowest BCUT2D eigenvalue weighted by Gasteiger charge is -2.20. The van der Waals surface area contributed by atoms with Gasteiger partial charge in [-0.1, -0.05) is 13.8 Å². The molecule has 1 heterocycles. The molecule has 2 nitrogen and oxygen atoms in total. The molecule has 0 radical (unpaired) electrons. The van der Waals surface area contributed by atoms with E-state index in [2.05, 4.69) is 4.98 Å². The van der Waals surface area contributed by atoms with Crippen molar-refractivity contribution in [2.75, 3.05) is 5.73 Å². The van der Waals surface area contributed by atoms with E-state index >= 15 is 0 Å². The fourth-order valence-corrected chi connectivity index (χ4v) is 1.74. The van der Waals surface area contributed by atoms with Crippen LogP contribution in [0.5, 0.6) is 0 Å². The molecule has 0 fully saturated rings. The molecule has 0 bridgehead atoms. The molecule has 0 unspecified atom stereocenters. The summed E-state index contributed by atoms with van der Waals surface area (Å²) in [4.78, 5) is 3.70. The summed E-state index contributed by atoms with van der Waals surface area (Å²) in [6.07, 6.45) is 0.227. The summed E-state index contributed by atoms with van der Waals surface area (Å²) in [5.41, 5.74) is 6.13. The zero-order valence-electron chi connectivity index (χ0n) is 9.75. The zero-order valence-corrected chi connectivity index (χ0v) is 9.75. The van der Waals surface area contributed by atoms with Crippen LogP contribution in [-0.4, -0.2) is 4.98 Å². The van der Waals surface area contributed by atoms with Crippen LogP contribution in [0.1, 0.15) is 31.7 Å². The average Bonchev–Trinajstić information content (AvgIpc) is 2.22. The number of nitrogens with zero attached hydrogens (tertiary/aromatic N) is 1. The lowest BCUT2D eigenvalue weighted by Crippen LogP contribution is -2.10. The Bertz CT molecular complexity index is 412. The molecule has 94 valence electrons. The lowest BCUT2D eigenvalue weighted by molar-refractivity contribution is 0.409. The number of pyridine rings is 1. The Labute approximate surface area is 98.4 Å². The van der Waals surface area contributed by atoms with Gasteiger partial charge in [0.15, 0.2) is 0 Å². The van der Waals surface area contributed by atoms with Crippen molar-refractivity contribution < 1.29 is 13.2 Å². The smallest absolute Gasteiger partial charge is 0.266 e. The molecular weight excluding hydrogens is 229 g/mol. The molecule has 2 N–H and O–H groups in total. The van der Waals surface area contributed by atoms with E-state index < -0.39 is 11.9 Å². The largest absolute Gasteiger partial charge is 0.383 e. The average molecular weight is 244 g/mol. The van der Waals surface area contributed by atoms with Crippen molar-refractivity contribution in [3.05, 3.63) is 35.8 Å². The number of hydrogen-bond acceptors (Lipinski definition) is 2. The van der Waals surface area contributed by atoms with E-state index in [-0.39, 0.29) is 24.1 Å². The second kappa shape index (κ2) is 5.70. The first kappa shape index (κ1) is 13.5. The number of allylic oxidation sites excluding steroid dienone is 1. The van der Waals surface area contributed by atoms with Gasteiger partial charge >= 0.3 is 0 Å². The zero-order chi connectivity index (χ0) is 13.0. The van der Waals surface area contributed by atoms with Crippen LogP contribution in [0, 0.1) is 11.7 Å². The van der Waals surface area contributed by atoms with Crippen LogP contribution < -0.4 is 5.73 Å². The van der Waals surface area contributed by atoms with Gasteiger partial charge in [-0.25, -0.2) is 9.37 Å². The molecule has 1 aromatic rings. The molecule has 17 heavy (non-hydrogen) atoms. The van der Waals surface area contributed by atoms with Gasteiger partial charge in [0, 0.05) is 5.56 Å². The van der Waals surface area contributed by atoms with Crippen LogP contribution in [-0.2, 0) is 0 Å². The maximum atomic E-state index is 13.1. The summed E-state index contributed by atoms with van der Waals surface area (Å²) in [6, 6.07) is 1.26. The molecule has 0 spiro atoms. The van der Waals surface area contributed by atoms with Crippen molar-refractivity contribution in [3.63, 3.8) is 0 Å². The normalized spacial score (nSPS) is 12.6.